The number of carbonyl (C=O) groups excluding carboxylic acids is 2. The molecule has 0 aromatic carbocycles. The van der Waals surface area contributed by atoms with Gasteiger partial charge in [0, 0.05) is 11.1 Å². The van der Waals surface area contributed by atoms with Gasteiger partial charge in [0.1, 0.15) is 0 Å². The number of hydrogen-bond acceptors (Lipinski definition) is 2. The summed E-state index contributed by atoms with van der Waals surface area (Å²) < 4.78 is 0. The Morgan fingerprint density at radius 2 is 1.36 bits per heavy atom. The van der Waals surface area contributed by atoms with Crippen LogP contribution in [0.15, 0.2) is 73.4 Å². The van der Waals surface area contributed by atoms with Crippen molar-refractivity contribution in [2.24, 2.45) is 0 Å². The molecule has 0 amide bonds. The topological polar surface area (TPSA) is 34.1 Å². The molecule has 0 bridgehead atoms. The maximum atomic E-state index is 11.9. The van der Waals surface area contributed by atoms with Gasteiger partial charge in [-0.1, -0.05) is 90.0 Å². The van der Waals surface area contributed by atoms with Crippen molar-refractivity contribution in [1.82, 2.24) is 0 Å². The maximum absolute atomic E-state index is 11.9. The number of rotatable bonds is 8. The number of ketones is 2. The van der Waals surface area contributed by atoms with E-state index in [2.05, 4.69) is 19.7 Å². The smallest absolute Gasteiger partial charge is 0.170 e. The molecular weight excluding hydrogens is 272 g/mol. The van der Waals surface area contributed by atoms with Crippen molar-refractivity contribution < 1.29 is 9.59 Å². The second-order valence-electron chi connectivity index (χ2n) is 3.42. The summed E-state index contributed by atoms with van der Waals surface area (Å²) in [7, 11) is 0. The minimum absolute atomic E-state index is 0.174. The predicted molar refractivity (Wildman–Crippen MR) is 98.9 cm³/mol. The Hall–Kier alpha value is -2.22. The molecule has 0 N–H and O–H groups in total. The Morgan fingerprint density at radius 3 is 1.73 bits per heavy atom. The van der Waals surface area contributed by atoms with Gasteiger partial charge in [-0.3, -0.25) is 9.59 Å². The quantitative estimate of drug-likeness (QED) is 0.334. The third kappa shape index (κ3) is 11.6. The van der Waals surface area contributed by atoms with Crippen LogP contribution in [0.5, 0.6) is 0 Å². The first-order valence-corrected chi connectivity index (χ1v) is 7.57. The van der Waals surface area contributed by atoms with Crippen LogP contribution in [0.2, 0.25) is 0 Å². The summed E-state index contributed by atoms with van der Waals surface area (Å²) >= 11 is 0. The molecule has 122 valence electrons. The van der Waals surface area contributed by atoms with E-state index in [0.29, 0.717) is 11.1 Å². The first kappa shape index (κ1) is 24.8. The summed E-state index contributed by atoms with van der Waals surface area (Å²) in [4.78, 5) is 23.6. The fraction of sp³-hybridized carbons (Fsp3) is 0.300. The molecule has 0 atom stereocenters. The van der Waals surface area contributed by atoms with Crippen LogP contribution in [-0.4, -0.2) is 11.6 Å². The van der Waals surface area contributed by atoms with E-state index in [9.17, 15) is 9.59 Å². The standard InChI is InChI=1S/C16H18O2.2C2H6/c1-5-9-11-14(8-4)16(18)12-15(17)13(7-3)10-6-2;2*1-2/h5-11H,1-3,12H2,4H3;2*1-2H3/b11-9-,13-10+,14-8+;;. The minimum atomic E-state index is -0.263. The molecule has 2 heteroatoms. The van der Waals surface area contributed by atoms with Crippen LogP contribution in [0.3, 0.4) is 0 Å². The van der Waals surface area contributed by atoms with Gasteiger partial charge in [-0.25, -0.2) is 0 Å². The highest BCUT2D eigenvalue weighted by molar-refractivity contribution is 6.14. The predicted octanol–water partition coefficient (Wildman–Crippen LogP) is 5.55. The molecular formula is C20H30O2. The van der Waals surface area contributed by atoms with Crippen molar-refractivity contribution in [3.05, 3.63) is 73.4 Å². The highest BCUT2D eigenvalue weighted by Gasteiger charge is 2.13. The van der Waals surface area contributed by atoms with Crippen LogP contribution in [0.4, 0.5) is 0 Å². The van der Waals surface area contributed by atoms with Crippen LogP contribution in [0.25, 0.3) is 0 Å². The van der Waals surface area contributed by atoms with Gasteiger partial charge in [0.05, 0.1) is 6.42 Å². The van der Waals surface area contributed by atoms with Crippen LogP contribution < -0.4 is 0 Å². The van der Waals surface area contributed by atoms with Gasteiger partial charge in [-0.2, -0.15) is 0 Å². The van der Waals surface area contributed by atoms with Gasteiger partial charge < -0.3 is 0 Å². The monoisotopic (exact) mass is 302 g/mol. The summed E-state index contributed by atoms with van der Waals surface area (Å²) in [6.45, 7) is 20.3. The second-order valence-corrected chi connectivity index (χ2v) is 3.42. The van der Waals surface area contributed by atoms with E-state index in [4.69, 9.17) is 0 Å². The average molecular weight is 302 g/mol. The highest BCUT2D eigenvalue weighted by atomic mass is 16.1. The van der Waals surface area contributed by atoms with Crippen molar-refractivity contribution >= 4 is 11.6 Å². The van der Waals surface area contributed by atoms with Gasteiger partial charge in [0.25, 0.3) is 0 Å². The van der Waals surface area contributed by atoms with E-state index in [1.54, 1.807) is 31.2 Å². The summed E-state index contributed by atoms with van der Waals surface area (Å²) in [6.07, 6.45) is 10.8. The largest absolute Gasteiger partial charge is 0.294 e. The maximum Gasteiger partial charge on any atom is 0.170 e. The molecule has 0 aliphatic heterocycles. The van der Waals surface area contributed by atoms with Crippen molar-refractivity contribution in [2.75, 3.05) is 0 Å². The Morgan fingerprint density at radius 1 is 0.864 bits per heavy atom. The first-order valence-electron chi connectivity index (χ1n) is 7.57. The van der Waals surface area contributed by atoms with Gasteiger partial charge in [0.15, 0.2) is 11.6 Å². The zero-order valence-electron chi connectivity index (χ0n) is 14.7. The molecule has 0 heterocycles. The molecule has 0 aliphatic rings. The van der Waals surface area contributed by atoms with Crippen molar-refractivity contribution in [3.8, 4) is 0 Å². The average Bonchev–Trinajstić information content (AvgIpc) is 2.56. The molecule has 0 saturated carbocycles. The third-order valence-corrected chi connectivity index (χ3v) is 2.21. The molecule has 22 heavy (non-hydrogen) atoms. The van der Waals surface area contributed by atoms with Gasteiger partial charge >= 0.3 is 0 Å². The summed E-state index contributed by atoms with van der Waals surface area (Å²) in [5.41, 5.74) is 0.881. The van der Waals surface area contributed by atoms with Crippen molar-refractivity contribution in [2.45, 2.75) is 41.0 Å². The highest BCUT2D eigenvalue weighted by Crippen LogP contribution is 2.08. The Labute approximate surface area is 136 Å². The van der Waals surface area contributed by atoms with Crippen molar-refractivity contribution in [3.63, 3.8) is 0 Å². The minimum Gasteiger partial charge on any atom is -0.294 e. The number of allylic oxidation sites excluding steroid dienone is 9. The zero-order valence-corrected chi connectivity index (χ0v) is 14.7. The van der Waals surface area contributed by atoms with E-state index in [1.807, 2.05) is 27.7 Å². The van der Waals surface area contributed by atoms with Crippen LogP contribution in [0, 0.1) is 0 Å². The normalized spacial score (nSPS) is 10.6. The third-order valence-electron chi connectivity index (χ3n) is 2.21. The number of hydrogen-bond donors (Lipinski definition) is 0. The Balaban J connectivity index is -0.000000826. The Kier molecular flexibility index (Phi) is 21.1. The van der Waals surface area contributed by atoms with E-state index in [0.717, 1.165) is 0 Å². The lowest BCUT2D eigenvalue weighted by Gasteiger charge is -2.01. The molecule has 0 spiro atoms. The molecule has 0 aliphatic carbocycles. The SMILES string of the molecule is C=C/C=C\C(=C/C)C(=O)CC(=O)/C(C=C)=C/C=C.CC.CC. The molecule has 0 radical (unpaired) electrons. The van der Waals surface area contributed by atoms with Crippen molar-refractivity contribution in [1.29, 1.82) is 0 Å². The van der Waals surface area contributed by atoms with E-state index in [1.165, 1.54) is 18.2 Å². The Bertz CT molecular complexity index is 446. The van der Waals surface area contributed by atoms with Gasteiger partial charge in [-0.05, 0) is 6.92 Å². The molecule has 0 fully saturated rings. The fourth-order valence-corrected chi connectivity index (χ4v) is 1.27. The van der Waals surface area contributed by atoms with Crippen LogP contribution in [0.1, 0.15) is 41.0 Å². The van der Waals surface area contributed by atoms with Crippen LogP contribution in [-0.2, 0) is 9.59 Å². The molecule has 0 aromatic rings. The molecule has 0 aromatic heterocycles. The summed E-state index contributed by atoms with van der Waals surface area (Å²) in [5.74, 6) is -0.487. The van der Waals surface area contributed by atoms with E-state index >= 15 is 0 Å². The lowest BCUT2D eigenvalue weighted by Crippen LogP contribution is -2.10. The number of carbonyl (C=O) groups is 2. The molecule has 0 saturated heterocycles. The van der Waals surface area contributed by atoms with Crippen LogP contribution >= 0.6 is 0 Å². The lowest BCUT2D eigenvalue weighted by atomic mass is 10.0. The summed E-state index contributed by atoms with van der Waals surface area (Å²) in [5, 5.41) is 0. The second kappa shape index (κ2) is 18.8. The molecule has 2 nitrogen and oxygen atoms in total. The number of Topliss-reactive ketones (excluding diaryl/α,β-unsaturated/α-hetero) is 2. The summed E-state index contributed by atoms with van der Waals surface area (Å²) in [6, 6.07) is 0. The van der Waals surface area contributed by atoms with Gasteiger partial charge in [0.2, 0.25) is 0 Å². The fourth-order valence-electron chi connectivity index (χ4n) is 1.27. The van der Waals surface area contributed by atoms with Gasteiger partial charge in [-0.15, -0.1) is 0 Å². The molecule has 0 unspecified atom stereocenters. The first-order chi connectivity index (χ1) is 10.6. The lowest BCUT2D eigenvalue weighted by molar-refractivity contribution is -0.122. The molecule has 0 rings (SSSR count). The van der Waals surface area contributed by atoms with E-state index < -0.39 is 0 Å². The zero-order chi connectivity index (χ0) is 18.0. The van der Waals surface area contributed by atoms with E-state index in [-0.39, 0.29) is 18.0 Å².